The van der Waals surface area contributed by atoms with Gasteiger partial charge in [0.25, 0.3) is 0 Å². The maximum atomic E-state index is 12.8. The van der Waals surface area contributed by atoms with Crippen molar-refractivity contribution in [2.75, 3.05) is 0 Å². The Balaban J connectivity index is 2.97. The lowest BCUT2D eigenvalue weighted by molar-refractivity contribution is 0.283. The van der Waals surface area contributed by atoms with E-state index in [2.05, 4.69) is 4.65 Å². The Morgan fingerprint density at radius 2 is 2.17 bits per heavy atom. The highest BCUT2D eigenvalue weighted by molar-refractivity contribution is 7.11. The summed E-state index contributed by atoms with van der Waals surface area (Å²) in [6.45, 7) is 1.60. The number of aryl methyl sites for hydroxylation is 1. The third-order valence-electron chi connectivity index (χ3n) is 1.15. The normalized spacial score (nSPS) is 10.1. The first-order valence-electron chi connectivity index (χ1n) is 2.99. The van der Waals surface area contributed by atoms with E-state index in [1.165, 1.54) is 0 Å². The van der Waals surface area contributed by atoms with Gasteiger partial charge in [-0.05, 0) is 6.92 Å². The Morgan fingerprint density at radius 3 is 2.50 bits per heavy atom. The second kappa shape index (κ2) is 3.61. The summed E-state index contributed by atoms with van der Waals surface area (Å²) in [5.41, 5.74) is 0. The first-order chi connectivity index (χ1) is 5.52. The molecule has 0 spiro atoms. The monoisotopic (exact) mass is 210 g/mol. The Bertz CT molecular complexity index is 290. The highest BCUT2D eigenvalue weighted by atomic mass is 35.5. The molecule has 1 aromatic heterocycles. The quantitative estimate of drug-likeness (QED) is 0.721. The molecule has 0 unspecified atom stereocenters. The summed E-state index contributed by atoms with van der Waals surface area (Å²) in [6, 6.07) is 0. The zero-order valence-electron chi connectivity index (χ0n) is 6.04. The van der Waals surface area contributed by atoms with Gasteiger partial charge in [-0.25, -0.2) is 0 Å². The molecule has 0 saturated heterocycles. The molecule has 0 aromatic carbocycles. The molecule has 0 bridgehead atoms. The molecule has 7 heteroatoms. The molecule has 66 valence electrons. The molecule has 0 saturated carbocycles. The highest BCUT2D eigenvalue weighted by Gasteiger charge is 2.21. The van der Waals surface area contributed by atoms with Crippen LogP contribution in [0.1, 0.15) is 4.88 Å². The third kappa shape index (κ3) is 1.89. The molecule has 0 aliphatic heterocycles. The van der Waals surface area contributed by atoms with Gasteiger partial charge >= 0.3 is 7.32 Å². The first kappa shape index (κ1) is 9.79. The van der Waals surface area contributed by atoms with Crippen LogP contribution in [0.3, 0.4) is 0 Å². The Labute approximate surface area is 77.5 Å². The van der Waals surface area contributed by atoms with Crippen molar-refractivity contribution in [3.63, 3.8) is 0 Å². The molecule has 1 heterocycles. The minimum Gasteiger partial charge on any atom is -0.508 e. The number of rotatable bonds is 2. The van der Waals surface area contributed by atoms with Crippen molar-refractivity contribution in [1.82, 2.24) is 0 Å². The van der Waals surface area contributed by atoms with Crippen LogP contribution in [-0.2, 0) is 0 Å². The van der Waals surface area contributed by atoms with Crippen LogP contribution >= 0.6 is 22.9 Å². The topological polar surface area (TPSA) is 49.7 Å². The van der Waals surface area contributed by atoms with Crippen LogP contribution in [-0.4, -0.2) is 17.4 Å². The van der Waals surface area contributed by atoms with Crippen LogP contribution in [0.2, 0.25) is 5.02 Å². The molecular formula is C5H5BClFO3S. The van der Waals surface area contributed by atoms with Crippen molar-refractivity contribution in [3.05, 3.63) is 15.0 Å². The van der Waals surface area contributed by atoms with Crippen LogP contribution in [0.5, 0.6) is 5.75 Å². The van der Waals surface area contributed by atoms with E-state index in [0.29, 0.717) is 4.88 Å². The van der Waals surface area contributed by atoms with Crippen molar-refractivity contribution in [3.8, 4) is 5.75 Å². The lowest BCUT2D eigenvalue weighted by atomic mass is 10.2. The SMILES string of the molecule is Cc1sc(F)c(OB(O)O)c1Cl. The fourth-order valence-electron chi connectivity index (χ4n) is 0.675. The molecule has 0 radical (unpaired) electrons. The average Bonchev–Trinajstić information content (AvgIpc) is 2.16. The van der Waals surface area contributed by atoms with E-state index in [0.717, 1.165) is 11.3 Å². The molecule has 12 heavy (non-hydrogen) atoms. The van der Waals surface area contributed by atoms with Gasteiger partial charge in [0.2, 0.25) is 5.13 Å². The smallest absolute Gasteiger partial charge is 0.508 e. The van der Waals surface area contributed by atoms with E-state index >= 15 is 0 Å². The zero-order valence-corrected chi connectivity index (χ0v) is 7.62. The molecule has 0 aliphatic carbocycles. The number of thiophene rings is 1. The van der Waals surface area contributed by atoms with Gasteiger partial charge in [-0.2, -0.15) is 4.39 Å². The van der Waals surface area contributed by atoms with Crippen molar-refractivity contribution < 1.29 is 19.1 Å². The van der Waals surface area contributed by atoms with Gasteiger partial charge in [0.05, 0.1) is 5.02 Å². The molecule has 0 atom stereocenters. The van der Waals surface area contributed by atoms with Crippen LogP contribution in [0.4, 0.5) is 4.39 Å². The summed E-state index contributed by atoms with van der Waals surface area (Å²) >= 11 is 6.37. The number of halogens is 2. The van der Waals surface area contributed by atoms with Crippen molar-refractivity contribution in [2.45, 2.75) is 6.92 Å². The Kier molecular flexibility index (Phi) is 2.95. The largest absolute Gasteiger partial charge is 0.707 e. The third-order valence-corrected chi connectivity index (χ3v) is 2.60. The minimum absolute atomic E-state index is 0.0746. The summed E-state index contributed by atoms with van der Waals surface area (Å²) in [6.07, 6.45) is 0. The molecule has 1 aromatic rings. The van der Waals surface area contributed by atoms with Gasteiger partial charge < -0.3 is 14.7 Å². The van der Waals surface area contributed by atoms with Gasteiger partial charge in [-0.3, -0.25) is 0 Å². The summed E-state index contributed by atoms with van der Waals surface area (Å²) in [7, 11) is -2.05. The van der Waals surface area contributed by atoms with E-state index in [9.17, 15) is 4.39 Å². The van der Waals surface area contributed by atoms with Gasteiger partial charge in [0, 0.05) is 4.88 Å². The highest BCUT2D eigenvalue weighted by Crippen LogP contribution is 2.37. The molecule has 1 rings (SSSR count). The maximum absolute atomic E-state index is 12.8. The Hall–Kier alpha value is -0.295. The summed E-state index contributed by atoms with van der Waals surface area (Å²) in [5.74, 6) is -0.311. The fourth-order valence-corrected chi connectivity index (χ4v) is 1.67. The van der Waals surface area contributed by atoms with E-state index in [1.54, 1.807) is 6.92 Å². The summed E-state index contributed by atoms with van der Waals surface area (Å²) in [4.78, 5) is 0.532. The average molecular weight is 210 g/mol. The summed E-state index contributed by atoms with van der Waals surface area (Å²) in [5, 5.41) is 16.2. The predicted molar refractivity (Wildman–Crippen MR) is 44.8 cm³/mol. The second-order valence-corrected chi connectivity index (χ2v) is 3.57. The predicted octanol–water partition coefficient (Wildman–Crippen LogP) is 1.20. The van der Waals surface area contributed by atoms with Gasteiger partial charge in [0.15, 0.2) is 5.75 Å². The second-order valence-electron chi connectivity index (χ2n) is 2.02. The molecule has 0 amide bonds. The standard InChI is InChI=1S/C5H5BClFO3S/c1-2-3(7)4(5(8)12-2)11-6(9)10/h9-10H,1H3. The molecule has 0 aliphatic rings. The summed E-state index contributed by atoms with van der Waals surface area (Å²) < 4.78 is 17.1. The zero-order chi connectivity index (χ0) is 9.30. The van der Waals surface area contributed by atoms with Gasteiger partial charge in [-0.15, -0.1) is 11.3 Å². The maximum Gasteiger partial charge on any atom is 0.707 e. The van der Waals surface area contributed by atoms with E-state index in [4.69, 9.17) is 21.6 Å². The Morgan fingerprint density at radius 1 is 1.58 bits per heavy atom. The van der Waals surface area contributed by atoms with Gasteiger partial charge in [0.1, 0.15) is 0 Å². The van der Waals surface area contributed by atoms with Gasteiger partial charge in [-0.1, -0.05) is 11.6 Å². The van der Waals surface area contributed by atoms with Crippen molar-refractivity contribution in [1.29, 1.82) is 0 Å². The van der Waals surface area contributed by atoms with Crippen LogP contribution < -0.4 is 4.65 Å². The van der Waals surface area contributed by atoms with Crippen LogP contribution in [0.15, 0.2) is 0 Å². The molecular weight excluding hydrogens is 205 g/mol. The molecule has 0 fully saturated rings. The minimum atomic E-state index is -2.05. The molecule has 2 N–H and O–H groups in total. The fraction of sp³-hybridized carbons (Fsp3) is 0.200. The van der Waals surface area contributed by atoms with E-state index < -0.39 is 12.5 Å². The van der Waals surface area contributed by atoms with Crippen LogP contribution in [0.25, 0.3) is 0 Å². The van der Waals surface area contributed by atoms with Crippen molar-refractivity contribution in [2.24, 2.45) is 0 Å². The lowest BCUT2D eigenvalue weighted by Gasteiger charge is -2.01. The van der Waals surface area contributed by atoms with Crippen molar-refractivity contribution >= 4 is 30.3 Å². The van der Waals surface area contributed by atoms with E-state index in [1.807, 2.05) is 0 Å². The number of hydrogen-bond donors (Lipinski definition) is 2. The first-order valence-corrected chi connectivity index (χ1v) is 4.19. The van der Waals surface area contributed by atoms with Crippen LogP contribution in [0, 0.1) is 12.1 Å². The lowest BCUT2D eigenvalue weighted by Crippen LogP contribution is -2.20. The number of hydrogen-bond acceptors (Lipinski definition) is 4. The van der Waals surface area contributed by atoms with E-state index in [-0.39, 0.29) is 10.8 Å². The molecule has 3 nitrogen and oxygen atoms in total.